The fourth-order valence-corrected chi connectivity index (χ4v) is 3.42. The molecule has 0 aliphatic rings. The summed E-state index contributed by atoms with van der Waals surface area (Å²) in [5.74, 6) is 0.582. The highest BCUT2D eigenvalue weighted by atomic mass is 79.9. The second-order valence-corrected chi connectivity index (χ2v) is 5.12. The summed E-state index contributed by atoms with van der Waals surface area (Å²) in [7, 11) is 0. The molecule has 0 bridgehead atoms. The van der Waals surface area contributed by atoms with Gasteiger partial charge in [-0.1, -0.05) is 38.8 Å². The number of oxazole rings is 1. The molecule has 1 aromatic rings. The van der Waals surface area contributed by atoms with Crippen LogP contribution in [0.15, 0.2) is 4.42 Å². The number of carbonyl (C=O) groups excluding carboxylic acids is 1. The van der Waals surface area contributed by atoms with E-state index in [-0.39, 0.29) is 11.4 Å². The van der Waals surface area contributed by atoms with Gasteiger partial charge in [-0.2, -0.15) is 0 Å². The molecule has 1 N–H and O–H groups in total. The van der Waals surface area contributed by atoms with Crippen LogP contribution in [0.4, 0.5) is 0 Å². The molecule has 6 heteroatoms. The molecule has 1 amide bonds. The van der Waals surface area contributed by atoms with Crippen LogP contribution in [0, 0.1) is 13.8 Å². The van der Waals surface area contributed by atoms with E-state index in [0.717, 1.165) is 6.42 Å². The molecule has 17 heavy (non-hydrogen) atoms. The Morgan fingerprint density at radius 2 is 2.00 bits per heavy atom. The SMILES string of the molecule is CCC(CBr)(CBr)NC(=O)c1oc(C)nc1C. The number of hydrogen-bond acceptors (Lipinski definition) is 3. The van der Waals surface area contributed by atoms with Crippen LogP contribution < -0.4 is 5.32 Å². The molecule has 96 valence electrons. The van der Waals surface area contributed by atoms with Gasteiger partial charge in [0.15, 0.2) is 5.89 Å². The molecular formula is C11H16Br2N2O2. The molecule has 0 aliphatic heterocycles. The second-order valence-electron chi connectivity index (χ2n) is 4.00. The van der Waals surface area contributed by atoms with E-state index < -0.39 is 0 Å². The second kappa shape index (κ2) is 6.00. The van der Waals surface area contributed by atoms with E-state index in [0.29, 0.717) is 28.0 Å². The summed E-state index contributed by atoms with van der Waals surface area (Å²) in [6.45, 7) is 5.52. The smallest absolute Gasteiger partial charge is 0.289 e. The van der Waals surface area contributed by atoms with Gasteiger partial charge in [-0.15, -0.1) is 0 Å². The topological polar surface area (TPSA) is 55.1 Å². The zero-order chi connectivity index (χ0) is 13.1. The van der Waals surface area contributed by atoms with Crippen molar-refractivity contribution in [3.05, 3.63) is 17.3 Å². The van der Waals surface area contributed by atoms with Crippen molar-refractivity contribution in [2.75, 3.05) is 10.7 Å². The van der Waals surface area contributed by atoms with Crippen molar-refractivity contribution in [1.82, 2.24) is 10.3 Å². The summed E-state index contributed by atoms with van der Waals surface area (Å²) >= 11 is 6.85. The molecule has 0 fully saturated rings. The Balaban J connectivity index is 2.88. The van der Waals surface area contributed by atoms with Crippen LogP contribution in [0.3, 0.4) is 0 Å². The third-order valence-electron chi connectivity index (χ3n) is 2.68. The molecule has 0 saturated carbocycles. The molecule has 0 saturated heterocycles. The van der Waals surface area contributed by atoms with E-state index in [1.54, 1.807) is 13.8 Å². The number of halogens is 2. The fraction of sp³-hybridized carbons (Fsp3) is 0.636. The van der Waals surface area contributed by atoms with Crippen molar-refractivity contribution in [2.45, 2.75) is 32.7 Å². The van der Waals surface area contributed by atoms with Gasteiger partial charge in [0, 0.05) is 17.6 Å². The maximum Gasteiger partial charge on any atom is 0.289 e. The highest BCUT2D eigenvalue weighted by Crippen LogP contribution is 2.19. The van der Waals surface area contributed by atoms with Crippen LogP contribution in [-0.2, 0) is 0 Å². The molecule has 1 rings (SSSR count). The van der Waals surface area contributed by atoms with Gasteiger partial charge in [0.05, 0.1) is 11.2 Å². The Hall–Kier alpha value is -0.360. The van der Waals surface area contributed by atoms with Gasteiger partial charge in [0.25, 0.3) is 5.91 Å². The number of nitrogens with one attached hydrogen (secondary N) is 1. The van der Waals surface area contributed by atoms with Crippen LogP contribution in [-0.4, -0.2) is 27.1 Å². The third-order valence-corrected chi connectivity index (χ3v) is 4.82. The molecule has 0 aromatic carbocycles. The predicted molar refractivity (Wildman–Crippen MR) is 74.1 cm³/mol. The summed E-state index contributed by atoms with van der Waals surface area (Å²) in [4.78, 5) is 16.2. The van der Waals surface area contributed by atoms with Gasteiger partial charge in [0.2, 0.25) is 5.76 Å². The van der Waals surface area contributed by atoms with Crippen LogP contribution in [0.25, 0.3) is 0 Å². The third kappa shape index (κ3) is 3.31. The van der Waals surface area contributed by atoms with Gasteiger partial charge in [0.1, 0.15) is 0 Å². The summed E-state index contributed by atoms with van der Waals surface area (Å²) < 4.78 is 5.30. The van der Waals surface area contributed by atoms with Crippen molar-refractivity contribution >= 4 is 37.8 Å². The molecule has 4 nitrogen and oxygen atoms in total. The van der Waals surface area contributed by atoms with Crippen LogP contribution in [0.2, 0.25) is 0 Å². The summed E-state index contributed by atoms with van der Waals surface area (Å²) in [5.41, 5.74) is 0.318. The number of nitrogens with zero attached hydrogens (tertiary/aromatic N) is 1. The largest absolute Gasteiger partial charge is 0.436 e. The Labute approximate surface area is 118 Å². The van der Waals surface area contributed by atoms with E-state index >= 15 is 0 Å². The zero-order valence-corrected chi connectivity index (χ0v) is 13.3. The van der Waals surface area contributed by atoms with Crippen molar-refractivity contribution in [3.8, 4) is 0 Å². The number of amides is 1. The van der Waals surface area contributed by atoms with Crippen molar-refractivity contribution < 1.29 is 9.21 Å². The van der Waals surface area contributed by atoms with Crippen LogP contribution in [0.1, 0.15) is 35.5 Å². The standard InChI is InChI=1S/C11H16Br2N2O2/c1-4-11(5-12,6-13)15-10(16)9-7(2)14-8(3)17-9/h4-6H2,1-3H3,(H,15,16). The maximum atomic E-state index is 12.1. The van der Waals surface area contributed by atoms with E-state index in [9.17, 15) is 4.79 Å². The number of carbonyl (C=O) groups is 1. The maximum absolute atomic E-state index is 12.1. The number of aromatic nitrogens is 1. The first-order valence-electron chi connectivity index (χ1n) is 5.36. The Morgan fingerprint density at radius 1 is 1.41 bits per heavy atom. The predicted octanol–water partition coefficient (Wildman–Crippen LogP) is 2.96. The minimum Gasteiger partial charge on any atom is -0.436 e. The Morgan fingerprint density at radius 3 is 2.35 bits per heavy atom. The Kier molecular flexibility index (Phi) is 5.19. The highest BCUT2D eigenvalue weighted by molar-refractivity contribution is 9.09. The van der Waals surface area contributed by atoms with Gasteiger partial charge in [-0.25, -0.2) is 4.98 Å². The monoisotopic (exact) mass is 366 g/mol. The molecule has 0 aliphatic carbocycles. The first kappa shape index (κ1) is 14.7. The van der Waals surface area contributed by atoms with Crippen molar-refractivity contribution in [2.24, 2.45) is 0 Å². The summed E-state index contributed by atoms with van der Waals surface area (Å²) in [5, 5.41) is 4.34. The molecule has 0 unspecified atom stereocenters. The Bertz CT molecular complexity index is 392. The van der Waals surface area contributed by atoms with E-state index in [1.807, 2.05) is 6.92 Å². The van der Waals surface area contributed by atoms with Crippen LogP contribution >= 0.6 is 31.9 Å². The molecule has 0 spiro atoms. The summed E-state index contributed by atoms with van der Waals surface area (Å²) in [6, 6.07) is 0. The van der Waals surface area contributed by atoms with E-state index in [2.05, 4.69) is 42.2 Å². The highest BCUT2D eigenvalue weighted by Gasteiger charge is 2.30. The number of hydrogen-bond donors (Lipinski definition) is 1. The first-order valence-corrected chi connectivity index (χ1v) is 7.60. The minimum atomic E-state index is -0.301. The quantitative estimate of drug-likeness (QED) is 0.814. The molecule has 1 heterocycles. The van der Waals surface area contributed by atoms with Gasteiger partial charge >= 0.3 is 0 Å². The number of alkyl halides is 2. The van der Waals surface area contributed by atoms with Crippen molar-refractivity contribution in [1.29, 1.82) is 0 Å². The lowest BCUT2D eigenvalue weighted by Gasteiger charge is -2.29. The average molecular weight is 368 g/mol. The van der Waals surface area contributed by atoms with Gasteiger partial charge in [-0.3, -0.25) is 4.79 Å². The van der Waals surface area contributed by atoms with Crippen LogP contribution in [0.5, 0.6) is 0 Å². The molecular weight excluding hydrogens is 352 g/mol. The molecule has 0 radical (unpaired) electrons. The normalized spacial score (nSPS) is 11.6. The fourth-order valence-electron chi connectivity index (χ4n) is 1.42. The molecule has 0 atom stereocenters. The number of rotatable bonds is 5. The van der Waals surface area contributed by atoms with Gasteiger partial charge < -0.3 is 9.73 Å². The van der Waals surface area contributed by atoms with Gasteiger partial charge in [-0.05, 0) is 13.3 Å². The van der Waals surface area contributed by atoms with E-state index in [4.69, 9.17) is 4.42 Å². The summed E-state index contributed by atoms with van der Waals surface area (Å²) in [6.07, 6.45) is 0.821. The molecule has 1 aromatic heterocycles. The number of aryl methyl sites for hydroxylation is 2. The average Bonchev–Trinajstić information content (AvgIpc) is 2.65. The lowest BCUT2D eigenvalue weighted by Crippen LogP contribution is -2.51. The van der Waals surface area contributed by atoms with E-state index in [1.165, 1.54) is 0 Å². The lowest BCUT2D eigenvalue weighted by atomic mass is 10.0. The first-order chi connectivity index (χ1) is 7.98. The van der Waals surface area contributed by atoms with Crippen molar-refractivity contribution in [3.63, 3.8) is 0 Å². The zero-order valence-electron chi connectivity index (χ0n) is 10.1. The minimum absolute atomic E-state index is 0.219. The lowest BCUT2D eigenvalue weighted by molar-refractivity contribution is 0.0884.